The van der Waals surface area contributed by atoms with Gasteiger partial charge in [-0.15, -0.1) is 11.3 Å². The number of rotatable bonds is 6. The van der Waals surface area contributed by atoms with E-state index >= 15 is 0 Å². The molecule has 2 aromatic rings. The molecule has 1 heterocycles. The van der Waals surface area contributed by atoms with Crippen LogP contribution in [0.3, 0.4) is 0 Å². The van der Waals surface area contributed by atoms with Gasteiger partial charge in [0.25, 0.3) is 0 Å². The molecule has 0 unspecified atom stereocenters. The van der Waals surface area contributed by atoms with Crippen molar-refractivity contribution >= 4 is 17.4 Å². The number of methoxy groups -OCH3 is 2. The molecule has 2 amide bonds. The van der Waals surface area contributed by atoms with Gasteiger partial charge in [-0.05, 0) is 25.1 Å². The number of ether oxygens (including phenoxy) is 2. The summed E-state index contributed by atoms with van der Waals surface area (Å²) in [6, 6.07) is 9.43. The van der Waals surface area contributed by atoms with Crippen LogP contribution < -0.4 is 20.1 Å². The number of hydrogen-bond donors (Lipinski definition) is 2. The summed E-state index contributed by atoms with van der Waals surface area (Å²) in [6.07, 6.45) is 0. The quantitative estimate of drug-likeness (QED) is 0.860. The summed E-state index contributed by atoms with van der Waals surface area (Å²) in [5.74, 6) is 1.29. The fraction of sp³-hybridized carbons (Fsp3) is 0.312. The number of hydrogen-bond acceptors (Lipinski definition) is 4. The van der Waals surface area contributed by atoms with E-state index in [9.17, 15) is 4.79 Å². The molecule has 0 spiro atoms. The minimum atomic E-state index is -0.212. The molecule has 0 fully saturated rings. The molecule has 1 aromatic carbocycles. The van der Waals surface area contributed by atoms with Crippen molar-refractivity contribution in [1.82, 2.24) is 10.6 Å². The number of urea groups is 1. The van der Waals surface area contributed by atoms with Crippen molar-refractivity contribution in [2.45, 2.75) is 20.0 Å². The second-order valence-corrected chi connectivity index (χ2v) is 6.07. The Bertz CT molecular complexity index is 640. The van der Waals surface area contributed by atoms with Crippen molar-refractivity contribution in [3.05, 3.63) is 45.6 Å². The maximum atomic E-state index is 11.9. The molecule has 0 radical (unpaired) electrons. The second kappa shape index (κ2) is 7.70. The maximum absolute atomic E-state index is 11.9. The molecule has 5 nitrogen and oxygen atoms in total. The Morgan fingerprint density at radius 1 is 1.09 bits per heavy atom. The molecule has 0 atom stereocenters. The van der Waals surface area contributed by atoms with Gasteiger partial charge in [0.15, 0.2) is 11.5 Å². The number of benzene rings is 1. The van der Waals surface area contributed by atoms with Crippen molar-refractivity contribution < 1.29 is 14.3 Å². The lowest BCUT2D eigenvalue weighted by Gasteiger charge is -2.13. The van der Waals surface area contributed by atoms with Crippen LogP contribution in [0.15, 0.2) is 30.3 Å². The molecular weight excluding hydrogens is 300 g/mol. The van der Waals surface area contributed by atoms with E-state index in [4.69, 9.17) is 9.47 Å². The fourth-order valence-corrected chi connectivity index (χ4v) is 2.91. The van der Waals surface area contributed by atoms with E-state index in [2.05, 4.69) is 10.6 Å². The second-order valence-electron chi connectivity index (χ2n) is 4.70. The lowest BCUT2D eigenvalue weighted by molar-refractivity contribution is 0.240. The Morgan fingerprint density at radius 2 is 1.86 bits per heavy atom. The maximum Gasteiger partial charge on any atom is 0.315 e. The SMILES string of the molecule is COc1cccc(CNC(=O)NCc2ccc(C)s2)c1OC. The highest BCUT2D eigenvalue weighted by atomic mass is 32.1. The van der Waals surface area contributed by atoms with Crippen molar-refractivity contribution in [2.24, 2.45) is 0 Å². The Labute approximate surface area is 134 Å². The van der Waals surface area contributed by atoms with Gasteiger partial charge >= 0.3 is 6.03 Å². The zero-order valence-corrected chi connectivity index (χ0v) is 13.8. The van der Waals surface area contributed by atoms with Gasteiger partial charge in [-0.2, -0.15) is 0 Å². The number of thiophene rings is 1. The van der Waals surface area contributed by atoms with Gasteiger partial charge in [-0.25, -0.2) is 4.79 Å². The van der Waals surface area contributed by atoms with Gasteiger partial charge in [0.1, 0.15) is 0 Å². The number of carbonyl (C=O) groups excluding carboxylic acids is 1. The lowest BCUT2D eigenvalue weighted by Crippen LogP contribution is -2.34. The van der Waals surface area contributed by atoms with E-state index in [0.717, 1.165) is 10.4 Å². The zero-order valence-electron chi connectivity index (χ0n) is 12.9. The van der Waals surface area contributed by atoms with Gasteiger partial charge in [0.2, 0.25) is 0 Å². The third-order valence-corrected chi connectivity index (χ3v) is 4.14. The summed E-state index contributed by atoms with van der Waals surface area (Å²) in [4.78, 5) is 14.2. The number of carbonyl (C=O) groups is 1. The van der Waals surface area contributed by atoms with E-state index in [1.165, 1.54) is 4.88 Å². The Balaban J connectivity index is 1.88. The first-order valence-corrected chi connectivity index (χ1v) is 7.72. The predicted molar refractivity (Wildman–Crippen MR) is 87.7 cm³/mol. The van der Waals surface area contributed by atoms with Crippen LogP contribution in [0.5, 0.6) is 11.5 Å². The molecule has 118 valence electrons. The van der Waals surface area contributed by atoms with Crippen LogP contribution in [0.25, 0.3) is 0 Å². The molecule has 0 aliphatic heterocycles. The molecule has 22 heavy (non-hydrogen) atoms. The highest BCUT2D eigenvalue weighted by Gasteiger charge is 2.10. The standard InChI is InChI=1S/C16H20N2O3S/c1-11-7-8-13(22-11)10-18-16(19)17-9-12-5-4-6-14(20-2)15(12)21-3/h4-8H,9-10H2,1-3H3,(H2,17,18,19). The summed E-state index contributed by atoms with van der Waals surface area (Å²) in [7, 11) is 3.17. The van der Waals surface area contributed by atoms with Crippen LogP contribution in [0.4, 0.5) is 4.79 Å². The first-order valence-electron chi connectivity index (χ1n) is 6.91. The largest absolute Gasteiger partial charge is 0.493 e. The number of nitrogens with one attached hydrogen (secondary N) is 2. The van der Waals surface area contributed by atoms with Gasteiger partial charge in [-0.3, -0.25) is 0 Å². The Kier molecular flexibility index (Phi) is 5.66. The minimum absolute atomic E-state index is 0.212. The van der Waals surface area contributed by atoms with Gasteiger partial charge in [0.05, 0.1) is 20.8 Å². The fourth-order valence-electron chi connectivity index (χ4n) is 2.08. The molecule has 0 aliphatic carbocycles. The van der Waals surface area contributed by atoms with Gasteiger partial charge in [0, 0.05) is 21.9 Å². The smallest absolute Gasteiger partial charge is 0.315 e. The minimum Gasteiger partial charge on any atom is -0.493 e. The van der Waals surface area contributed by atoms with E-state index in [1.807, 2.05) is 37.3 Å². The molecule has 0 bridgehead atoms. The highest BCUT2D eigenvalue weighted by molar-refractivity contribution is 7.11. The Hall–Kier alpha value is -2.21. The average Bonchev–Trinajstić information content (AvgIpc) is 2.95. The lowest BCUT2D eigenvalue weighted by atomic mass is 10.2. The van der Waals surface area contributed by atoms with E-state index < -0.39 is 0 Å². The molecule has 6 heteroatoms. The number of para-hydroxylation sites is 1. The summed E-state index contributed by atoms with van der Waals surface area (Å²) in [6.45, 7) is 2.94. The van der Waals surface area contributed by atoms with Crippen LogP contribution >= 0.6 is 11.3 Å². The normalized spacial score (nSPS) is 10.1. The molecule has 2 N–H and O–H groups in total. The predicted octanol–water partition coefficient (Wildman–Crippen LogP) is 3.07. The molecular formula is C16H20N2O3S. The van der Waals surface area contributed by atoms with Crippen molar-refractivity contribution in [3.8, 4) is 11.5 Å². The van der Waals surface area contributed by atoms with Gasteiger partial charge in [-0.1, -0.05) is 12.1 Å². The monoisotopic (exact) mass is 320 g/mol. The summed E-state index contributed by atoms with van der Waals surface area (Å²) < 4.78 is 10.6. The van der Waals surface area contributed by atoms with E-state index in [0.29, 0.717) is 24.6 Å². The third kappa shape index (κ3) is 4.14. The van der Waals surface area contributed by atoms with Crippen LogP contribution in [0.2, 0.25) is 0 Å². The summed E-state index contributed by atoms with van der Waals surface area (Å²) in [5.41, 5.74) is 0.865. The first-order chi connectivity index (χ1) is 10.6. The summed E-state index contributed by atoms with van der Waals surface area (Å²) >= 11 is 1.68. The topological polar surface area (TPSA) is 59.6 Å². The molecule has 0 saturated carbocycles. The average molecular weight is 320 g/mol. The Morgan fingerprint density at radius 3 is 2.50 bits per heavy atom. The van der Waals surface area contributed by atoms with Crippen LogP contribution in [-0.2, 0) is 13.1 Å². The molecule has 0 aliphatic rings. The third-order valence-electron chi connectivity index (χ3n) is 3.14. The highest BCUT2D eigenvalue weighted by Crippen LogP contribution is 2.30. The van der Waals surface area contributed by atoms with Crippen LogP contribution in [0, 0.1) is 6.92 Å². The zero-order chi connectivity index (χ0) is 15.9. The van der Waals surface area contributed by atoms with Crippen molar-refractivity contribution in [1.29, 1.82) is 0 Å². The number of aryl methyl sites for hydroxylation is 1. The molecule has 1 aromatic heterocycles. The molecule has 0 saturated heterocycles. The van der Waals surface area contributed by atoms with E-state index in [-0.39, 0.29) is 6.03 Å². The number of amides is 2. The summed E-state index contributed by atoms with van der Waals surface area (Å²) in [5, 5.41) is 5.66. The van der Waals surface area contributed by atoms with Crippen molar-refractivity contribution in [2.75, 3.05) is 14.2 Å². The first kappa shape index (κ1) is 16.2. The van der Waals surface area contributed by atoms with E-state index in [1.54, 1.807) is 25.6 Å². The molecule has 2 rings (SSSR count). The van der Waals surface area contributed by atoms with Crippen molar-refractivity contribution in [3.63, 3.8) is 0 Å². The van der Waals surface area contributed by atoms with Gasteiger partial charge < -0.3 is 20.1 Å². The van der Waals surface area contributed by atoms with Crippen LogP contribution in [0.1, 0.15) is 15.3 Å². The van der Waals surface area contributed by atoms with Crippen LogP contribution in [-0.4, -0.2) is 20.3 Å².